The first-order valence-electron chi connectivity index (χ1n) is 5.32. The van der Waals surface area contributed by atoms with E-state index in [0.29, 0.717) is 6.42 Å². The van der Waals surface area contributed by atoms with Crippen molar-refractivity contribution in [1.29, 1.82) is 0 Å². The van der Waals surface area contributed by atoms with Crippen LogP contribution in [-0.4, -0.2) is 36.1 Å². The molecule has 0 bridgehead atoms. The predicted octanol–water partition coefficient (Wildman–Crippen LogP) is 1.85. The van der Waals surface area contributed by atoms with Gasteiger partial charge in [-0.1, -0.05) is 34.1 Å². The SMILES string of the molecule is CN(C)C(CC(N)C(=O)O)c1ccccc1Br. The lowest BCUT2D eigenvalue weighted by Gasteiger charge is -2.27. The van der Waals surface area contributed by atoms with Crippen LogP contribution < -0.4 is 5.73 Å². The van der Waals surface area contributed by atoms with Crippen molar-refractivity contribution < 1.29 is 9.90 Å². The highest BCUT2D eigenvalue weighted by Crippen LogP contribution is 2.29. The molecule has 0 fully saturated rings. The maximum atomic E-state index is 10.8. The van der Waals surface area contributed by atoms with Crippen molar-refractivity contribution in [3.63, 3.8) is 0 Å². The van der Waals surface area contributed by atoms with Crippen LogP contribution in [-0.2, 0) is 4.79 Å². The number of aliphatic carboxylic acids is 1. The van der Waals surface area contributed by atoms with E-state index < -0.39 is 12.0 Å². The van der Waals surface area contributed by atoms with Gasteiger partial charge in [0.05, 0.1) is 0 Å². The lowest BCUT2D eigenvalue weighted by molar-refractivity contribution is -0.139. The zero-order valence-electron chi connectivity index (χ0n) is 9.93. The Morgan fingerprint density at radius 3 is 2.53 bits per heavy atom. The van der Waals surface area contributed by atoms with E-state index in [9.17, 15) is 4.79 Å². The number of carbonyl (C=O) groups is 1. The summed E-state index contributed by atoms with van der Waals surface area (Å²) in [5.41, 5.74) is 6.65. The van der Waals surface area contributed by atoms with Gasteiger partial charge < -0.3 is 15.7 Å². The minimum Gasteiger partial charge on any atom is -0.480 e. The summed E-state index contributed by atoms with van der Waals surface area (Å²) < 4.78 is 0.969. The van der Waals surface area contributed by atoms with E-state index in [4.69, 9.17) is 10.8 Å². The predicted molar refractivity (Wildman–Crippen MR) is 70.8 cm³/mol. The number of nitrogens with two attached hydrogens (primary N) is 1. The number of carboxylic acid groups (broad SMARTS) is 1. The first-order chi connectivity index (χ1) is 7.93. The quantitative estimate of drug-likeness (QED) is 0.871. The van der Waals surface area contributed by atoms with Gasteiger partial charge in [-0.05, 0) is 32.1 Å². The van der Waals surface area contributed by atoms with Crippen LogP contribution in [0.25, 0.3) is 0 Å². The van der Waals surface area contributed by atoms with Crippen LogP contribution >= 0.6 is 15.9 Å². The summed E-state index contributed by atoms with van der Waals surface area (Å²) in [5.74, 6) is -0.969. The van der Waals surface area contributed by atoms with Gasteiger partial charge in [-0.3, -0.25) is 4.79 Å². The number of benzene rings is 1. The van der Waals surface area contributed by atoms with E-state index in [2.05, 4.69) is 15.9 Å². The van der Waals surface area contributed by atoms with Gasteiger partial charge in [-0.2, -0.15) is 0 Å². The summed E-state index contributed by atoms with van der Waals surface area (Å²) in [6, 6.07) is 6.91. The number of carboxylic acids is 1. The highest BCUT2D eigenvalue weighted by molar-refractivity contribution is 9.10. The summed E-state index contributed by atoms with van der Waals surface area (Å²) in [7, 11) is 3.83. The molecule has 1 aromatic rings. The van der Waals surface area contributed by atoms with E-state index in [0.717, 1.165) is 10.0 Å². The molecule has 2 unspecified atom stereocenters. The molecule has 1 rings (SSSR count). The molecule has 17 heavy (non-hydrogen) atoms. The van der Waals surface area contributed by atoms with Gasteiger partial charge in [0.2, 0.25) is 0 Å². The Labute approximate surface area is 110 Å². The van der Waals surface area contributed by atoms with Crippen LogP contribution in [0.3, 0.4) is 0 Å². The molecule has 2 atom stereocenters. The molecule has 0 aromatic heterocycles. The Kier molecular flexibility index (Phi) is 5.11. The first kappa shape index (κ1) is 14.2. The largest absolute Gasteiger partial charge is 0.480 e. The summed E-state index contributed by atoms with van der Waals surface area (Å²) in [5, 5.41) is 8.87. The maximum Gasteiger partial charge on any atom is 0.320 e. The molecule has 0 spiro atoms. The number of nitrogens with zero attached hydrogens (tertiary/aromatic N) is 1. The van der Waals surface area contributed by atoms with Gasteiger partial charge in [0.1, 0.15) is 6.04 Å². The van der Waals surface area contributed by atoms with Crippen molar-refractivity contribution >= 4 is 21.9 Å². The molecular weight excluding hydrogens is 284 g/mol. The number of hydrogen-bond acceptors (Lipinski definition) is 3. The van der Waals surface area contributed by atoms with Crippen LogP contribution in [0.15, 0.2) is 28.7 Å². The fourth-order valence-corrected chi connectivity index (χ4v) is 2.25. The third kappa shape index (κ3) is 3.80. The molecule has 0 aliphatic heterocycles. The number of rotatable bonds is 5. The van der Waals surface area contributed by atoms with E-state index in [-0.39, 0.29) is 6.04 Å². The molecule has 1 aromatic carbocycles. The highest BCUT2D eigenvalue weighted by Gasteiger charge is 2.23. The Balaban J connectivity index is 2.94. The molecule has 94 valence electrons. The standard InChI is InChI=1S/C12H17BrN2O2/c1-15(2)11(7-10(14)12(16)17)8-5-3-4-6-9(8)13/h3-6,10-11H,7,14H2,1-2H3,(H,16,17). The van der Waals surface area contributed by atoms with Gasteiger partial charge in [0, 0.05) is 10.5 Å². The zero-order chi connectivity index (χ0) is 13.0. The average Bonchev–Trinajstić information content (AvgIpc) is 2.26. The highest BCUT2D eigenvalue weighted by atomic mass is 79.9. The molecule has 3 N–H and O–H groups in total. The second-order valence-electron chi connectivity index (χ2n) is 4.18. The van der Waals surface area contributed by atoms with Gasteiger partial charge in [0.15, 0.2) is 0 Å². The van der Waals surface area contributed by atoms with Crippen molar-refractivity contribution in [3.8, 4) is 0 Å². The molecule has 0 aliphatic carbocycles. The lowest BCUT2D eigenvalue weighted by Crippen LogP contribution is -2.35. The van der Waals surface area contributed by atoms with Crippen LogP contribution in [0.4, 0.5) is 0 Å². The normalized spacial score (nSPS) is 14.6. The summed E-state index contributed by atoms with van der Waals surface area (Å²) in [4.78, 5) is 12.8. The second-order valence-corrected chi connectivity index (χ2v) is 5.04. The summed E-state index contributed by atoms with van der Waals surface area (Å²) in [6.07, 6.45) is 0.380. The minimum absolute atomic E-state index is 0.0170. The van der Waals surface area contributed by atoms with Crippen molar-refractivity contribution in [1.82, 2.24) is 4.90 Å². The van der Waals surface area contributed by atoms with E-state index in [1.807, 2.05) is 43.3 Å². The Bertz CT molecular complexity index is 396. The number of hydrogen-bond donors (Lipinski definition) is 2. The summed E-state index contributed by atoms with van der Waals surface area (Å²) in [6.45, 7) is 0. The average molecular weight is 301 g/mol. The fraction of sp³-hybridized carbons (Fsp3) is 0.417. The van der Waals surface area contributed by atoms with Gasteiger partial charge in [-0.25, -0.2) is 0 Å². The van der Waals surface area contributed by atoms with E-state index >= 15 is 0 Å². The third-order valence-corrected chi connectivity index (χ3v) is 3.40. The molecule has 5 heteroatoms. The van der Waals surface area contributed by atoms with Crippen molar-refractivity contribution in [2.75, 3.05) is 14.1 Å². The van der Waals surface area contributed by atoms with E-state index in [1.165, 1.54) is 0 Å². The fourth-order valence-electron chi connectivity index (χ4n) is 1.70. The molecular formula is C12H17BrN2O2. The molecule has 4 nitrogen and oxygen atoms in total. The van der Waals surface area contributed by atoms with Crippen molar-refractivity contribution in [2.45, 2.75) is 18.5 Å². The smallest absolute Gasteiger partial charge is 0.320 e. The van der Waals surface area contributed by atoms with Gasteiger partial charge in [-0.15, -0.1) is 0 Å². The minimum atomic E-state index is -0.969. The summed E-state index contributed by atoms with van der Waals surface area (Å²) >= 11 is 3.48. The monoisotopic (exact) mass is 300 g/mol. The maximum absolute atomic E-state index is 10.8. The number of halogens is 1. The second kappa shape index (κ2) is 6.14. The van der Waals surface area contributed by atoms with Crippen LogP contribution in [0.5, 0.6) is 0 Å². The first-order valence-corrected chi connectivity index (χ1v) is 6.12. The van der Waals surface area contributed by atoms with Crippen LogP contribution in [0, 0.1) is 0 Å². The van der Waals surface area contributed by atoms with E-state index in [1.54, 1.807) is 0 Å². The van der Waals surface area contributed by atoms with Crippen molar-refractivity contribution in [3.05, 3.63) is 34.3 Å². The van der Waals surface area contributed by atoms with Crippen molar-refractivity contribution in [2.24, 2.45) is 5.73 Å². The molecule has 0 amide bonds. The van der Waals surface area contributed by atoms with Crippen LogP contribution in [0.1, 0.15) is 18.0 Å². The Hall–Kier alpha value is -0.910. The molecule has 0 aliphatic rings. The van der Waals surface area contributed by atoms with Gasteiger partial charge >= 0.3 is 5.97 Å². The Morgan fingerprint density at radius 2 is 2.06 bits per heavy atom. The Morgan fingerprint density at radius 1 is 1.47 bits per heavy atom. The zero-order valence-corrected chi connectivity index (χ0v) is 11.5. The third-order valence-electron chi connectivity index (χ3n) is 2.68. The lowest BCUT2D eigenvalue weighted by atomic mass is 9.99. The topological polar surface area (TPSA) is 66.6 Å². The molecule has 0 heterocycles. The molecule has 0 saturated heterocycles. The molecule has 0 radical (unpaired) electrons. The van der Waals surface area contributed by atoms with Gasteiger partial charge in [0.25, 0.3) is 0 Å². The molecule has 0 saturated carbocycles. The van der Waals surface area contributed by atoms with Crippen LogP contribution in [0.2, 0.25) is 0 Å².